The van der Waals surface area contributed by atoms with Crippen molar-refractivity contribution < 1.29 is 19.0 Å². The van der Waals surface area contributed by atoms with Gasteiger partial charge in [0.05, 0.1) is 21.3 Å². The number of ether oxygens (including phenoxy) is 3. The number of carbonyl (C=O) groups is 1. The topological polar surface area (TPSA) is 44.8 Å². The first-order chi connectivity index (χ1) is 12.4. The van der Waals surface area contributed by atoms with Gasteiger partial charge < -0.3 is 14.2 Å². The maximum atomic E-state index is 12.1. The maximum absolute atomic E-state index is 12.1. The molecule has 0 N–H and O–H groups in total. The first-order valence-electron chi connectivity index (χ1n) is 9.14. The first-order valence-corrected chi connectivity index (χ1v) is 9.14. The third-order valence-electron chi connectivity index (χ3n) is 4.52. The summed E-state index contributed by atoms with van der Waals surface area (Å²) in [6.07, 6.45) is 6.52. The van der Waals surface area contributed by atoms with Gasteiger partial charge in [-0.25, -0.2) is 4.79 Å². The summed E-state index contributed by atoms with van der Waals surface area (Å²) in [5.41, 5.74) is 5.06. The van der Waals surface area contributed by atoms with E-state index in [-0.39, 0.29) is 0 Å². The molecule has 4 nitrogen and oxygen atoms in total. The molecule has 0 amide bonds. The summed E-state index contributed by atoms with van der Waals surface area (Å²) in [5, 5.41) is 0. The predicted molar refractivity (Wildman–Crippen MR) is 107 cm³/mol. The van der Waals surface area contributed by atoms with Crippen LogP contribution in [0.5, 0.6) is 11.5 Å². The summed E-state index contributed by atoms with van der Waals surface area (Å²) >= 11 is 0. The Kier molecular flexibility index (Phi) is 8.97. The lowest BCUT2D eigenvalue weighted by Gasteiger charge is -2.16. The lowest BCUT2D eigenvalue weighted by molar-refractivity contribution is 0.0593. The highest BCUT2D eigenvalue weighted by atomic mass is 16.5. The highest BCUT2D eigenvalue weighted by molar-refractivity contribution is 5.97. The minimum absolute atomic E-state index is 0.308. The van der Waals surface area contributed by atoms with Crippen LogP contribution in [-0.2, 0) is 4.74 Å². The van der Waals surface area contributed by atoms with E-state index in [4.69, 9.17) is 14.2 Å². The zero-order valence-corrected chi connectivity index (χ0v) is 17.2. The van der Waals surface area contributed by atoms with E-state index >= 15 is 0 Å². The Morgan fingerprint density at radius 1 is 1.04 bits per heavy atom. The van der Waals surface area contributed by atoms with Gasteiger partial charge in [0, 0.05) is 0 Å². The minimum atomic E-state index is -0.473. The highest BCUT2D eigenvalue weighted by Gasteiger charge is 2.21. The van der Waals surface area contributed by atoms with E-state index in [2.05, 4.69) is 33.8 Å². The standard InChI is InChI=1S/C22H32O4/c1-8-10-11-16(4)18(12-15(3)9-2)17-13-19(24-5)21(22(23)26-7)20(14-17)25-6/h12-14H,8-11H2,1-7H3/b15-12-,18-16-. The lowest BCUT2D eigenvalue weighted by atomic mass is 9.93. The SMILES string of the molecule is CCCC/C(C)=C(/C=C(/C)CC)c1cc(OC)c(C(=O)OC)c(OC)c1. The van der Waals surface area contributed by atoms with Gasteiger partial charge in [-0.15, -0.1) is 0 Å². The minimum Gasteiger partial charge on any atom is -0.496 e. The molecule has 0 spiro atoms. The molecule has 0 bridgehead atoms. The van der Waals surface area contributed by atoms with E-state index in [1.807, 2.05) is 12.1 Å². The van der Waals surface area contributed by atoms with Crippen LogP contribution in [0.3, 0.4) is 0 Å². The predicted octanol–water partition coefficient (Wildman–Crippen LogP) is 5.81. The molecule has 4 heteroatoms. The Balaban J connectivity index is 3.63. The van der Waals surface area contributed by atoms with Gasteiger partial charge >= 0.3 is 5.97 Å². The third-order valence-corrected chi connectivity index (χ3v) is 4.52. The van der Waals surface area contributed by atoms with Gasteiger partial charge in [-0.3, -0.25) is 0 Å². The van der Waals surface area contributed by atoms with Crippen LogP contribution in [0.25, 0.3) is 5.57 Å². The second-order valence-corrected chi connectivity index (χ2v) is 6.39. The number of carbonyl (C=O) groups excluding carboxylic acids is 1. The van der Waals surface area contributed by atoms with Gasteiger partial charge in [0.1, 0.15) is 17.1 Å². The summed E-state index contributed by atoms with van der Waals surface area (Å²) in [6.45, 7) is 8.63. The number of methoxy groups -OCH3 is 3. The number of rotatable bonds is 9. The van der Waals surface area contributed by atoms with Crippen molar-refractivity contribution in [2.75, 3.05) is 21.3 Å². The van der Waals surface area contributed by atoms with Crippen LogP contribution in [0.15, 0.2) is 29.4 Å². The fourth-order valence-electron chi connectivity index (χ4n) is 2.75. The molecule has 1 rings (SSSR count). The van der Waals surface area contributed by atoms with Crippen molar-refractivity contribution in [1.29, 1.82) is 0 Å². The number of allylic oxidation sites excluding steroid dienone is 4. The van der Waals surface area contributed by atoms with Gasteiger partial charge in [0.25, 0.3) is 0 Å². The Bertz CT molecular complexity index is 658. The average molecular weight is 360 g/mol. The summed E-state index contributed by atoms with van der Waals surface area (Å²) in [5.74, 6) is 0.433. The van der Waals surface area contributed by atoms with Crippen molar-refractivity contribution in [3.05, 3.63) is 40.5 Å². The van der Waals surface area contributed by atoms with E-state index in [0.29, 0.717) is 17.1 Å². The summed E-state index contributed by atoms with van der Waals surface area (Å²) in [6, 6.07) is 3.78. The van der Waals surface area contributed by atoms with Crippen molar-refractivity contribution in [2.45, 2.75) is 53.4 Å². The van der Waals surface area contributed by atoms with E-state index in [1.54, 1.807) is 14.2 Å². The monoisotopic (exact) mass is 360 g/mol. The molecule has 0 aliphatic carbocycles. The highest BCUT2D eigenvalue weighted by Crippen LogP contribution is 2.36. The molecule has 0 atom stereocenters. The van der Waals surface area contributed by atoms with Crippen molar-refractivity contribution >= 4 is 11.5 Å². The smallest absolute Gasteiger partial charge is 0.345 e. The van der Waals surface area contributed by atoms with Crippen LogP contribution >= 0.6 is 0 Å². The molecule has 1 aromatic rings. The van der Waals surface area contributed by atoms with Crippen LogP contribution in [0.4, 0.5) is 0 Å². The fraction of sp³-hybridized carbons (Fsp3) is 0.500. The molecule has 0 heterocycles. The second kappa shape index (κ2) is 10.7. The van der Waals surface area contributed by atoms with Gasteiger partial charge in [-0.2, -0.15) is 0 Å². The molecule has 144 valence electrons. The van der Waals surface area contributed by atoms with Crippen molar-refractivity contribution in [1.82, 2.24) is 0 Å². The van der Waals surface area contributed by atoms with Gasteiger partial charge in [0.15, 0.2) is 0 Å². The van der Waals surface area contributed by atoms with Crippen molar-refractivity contribution in [3.63, 3.8) is 0 Å². The summed E-state index contributed by atoms with van der Waals surface area (Å²) in [7, 11) is 4.44. The quantitative estimate of drug-likeness (QED) is 0.412. The largest absolute Gasteiger partial charge is 0.496 e. The van der Waals surface area contributed by atoms with Crippen LogP contribution in [-0.4, -0.2) is 27.3 Å². The van der Waals surface area contributed by atoms with E-state index in [1.165, 1.54) is 18.3 Å². The molecule has 0 aliphatic rings. The van der Waals surface area contributed by atoms with Crippen molar-refractivity contribution in [2.24, 2.45) is 0 Å². The van der Waals surface area contributed by atoms with Crippen LogP contribution < -0.4 is 9.47 Å². The zero-order chi connectivity index (χ0) is 19.7. The number of esters is 1. The van der Waals surface area contributed by atoms with Crippen LogP contribution in [0.2, 0.25) is 0 Å². The van der Waals surface area contributed by atoms with Crippen LogP contribution in [0.1, 0.15) is 69.3 Å². The summed E-state index contributed by atoms with van der Waals surface area (Å²) in [4.78, 5) is 12.1. The zero-order valence-electron chi connectivity index (χ0n) is 17.2. The normalized spacial score (nSPS) is 12.5. The molecule has 0 saturated carbocycles. The molecule has 0 aliphatic heterocycles. The molecular formula is C22H32O4. The Morgan fingerprint density at radius 3 is 2.04 bits per heavy atom. The summed E-state index contributed by atoms with van der Waals surface area (Å²) < 4.78 is 15.8. The molecule has 26 heavy (non-hydrogen) atoms. The Labute approximate surface area is 157 Å². The number of hydrogen-bond acceptors (Lipinski definition) is 4. The number of benzene rings is 1. The molecule has 0 radical (unpaired) electrons. The average Bonchev–Trinajstić information content (AvgIpc) is 2.67. The van der Waals surface area contributed by atoms with Gasteiger partial charge in [-0.1, -0.05) is 37.5 Å². The Morgan fingerprint density at radius 2 is 1.62 bits per heavy atom. The third kappa shape index (κ3) is 5.38. The molecule has 0 fully saturated rings. The first kappa shape index (κ1) is 21.8. The lowest BCUT2D eigenvalue weighted by Crippen LogP contribution is -2.07. The Hall–Kier alpha value is -2.23. The van der Waals surface area contributed by atoms with E-state index in [0.717, 1.165) is 36.8 Å². The molecule has 0 saturated heterocycles. The fourth-order valence-corrected chi connectivity index (χ4v) is 2.75. The molecular weight excluding hydrogens is 328 g/mol. The second-order valence-electron chi connectivity index (χ2n) is 6.39. The molecule has 0 aromatic heterocycles. The number of unbranched alkanes of at least 4 members (excludes halogenated alkanes) is 1. The van der Waals surface area contributed by atoms with E-state index < -0.39 is 5.97 Å². The van der Waals surface area contributed by atoms with Gasteiger partial charge in [-0.05, 0) is 56.4 Å². The maximum Gasteiger partial charge on any atom is 0.345 e. The van der Waals surface area contributed by atoms with Gasteiger partial charge in [0.2, 0.25) is 0 Å². The van der Waals surface area contributed by atoms with Crippen LogP contribution in [0, 0.1) is 0 Å². The van der Waals surface area contributed by atoms with Crippen molar-refractivity contribution in [3.8, 4) is 11.5 Å². The molecule has 0 unspecified atom stereocenters. The molecule has 1 aromatic carbocycles. The van der Waals surface area contributed by atoms with E-state index in [9.17, 15) is 4.79 Å². The number of hydrogen-bond donors (Lipinski definition) is 0.